The first-order valence-electron chi connectivity index (χ1n) is 5.09. The number of aliphatic carboxylic acids is 1. The lowest BCUT2D eigenvalue weighted by Crippen LogP contribution is -2.20. The molecule has 0 aliphatic heterocycles. The van der Waals surface area contributed by atoms with Crippen molar-refractivity contribution in [3.63, 3.8) is 0 Å². The van der Waals surface area contributed by atoms with E-state index in [0.29, 0.717) is 29.7 Å². The van der Waals surface area contributed by atoms with E-state index in [1.165, 1.54) is 13.2 Å². The molecule has 1 aliphatic carbocycles. The molecule has 0 saturated heterocycles. The zero-order valence-electron chi connectivity index (χ0n) is 9.21. The highest BCUT2D eigenvalue weighted by molar-refractivity contribution is 5.86. The van der Waals surface area contributed by atoms with Crippen LogP contribution in [0.4, 0.5) is 4.39 Å². The van der Waals surface area contributed by atoms with Crippen molar-refractivity contribution in [2.24, 2.45) is 0 Å². The molecule has 4 heteroatoms. The first-order chi connectivity index (χ1) is 7.51. The SMILES string of the molecule is COc1cc(F)c(C)cc1C1(C(=O)O)CC1. The van der Waals surface area contributed by atoms with Crippen LogP contribution in [-0.2, 0) is 10.2 Å². The van der Waals surface area contributed by atoms with Crippen LogP contribution in [0.1, 0.15) is 24.0 Å². The van der Waals surface area contributed by atoms with Gasteiger partial charge in [-0.1, -0.05) is 0 Å². The third-order valence-corrected chi connectivity index (χ3v) is 3.16. The minimum absolute atomic E-state index is 0.322. The Hall–Kier alpha value is -1.58. The van der Waals surface area contributed by atoms with Gasteiger partial charge in [0.1, 0.15) is 11.6 Å². The Morgan fingerprint density at radius 2 is 2.12 bits per heavy atom. The molecule has 0 heterocycles. The average Bonchev–Trinajstić information content (AvgIpc) is 3.02. The van der Waals surface area contributed by atoms with Crippen molar-refractivity contribution in [2.45, 2.75) is 25.2 Å². The van der Waals surface area contributed by atoms with Gasteiger partial charge in [0.25, 0.3) is 0 Å². The van der Waals surface area contributed by atoms with Crippen molar-refractivity contribution < 1.29 is 19.0 Å². The van der Waals surface area contributed by atoms with Crippen molar-refractivity contribution in [2.75, 3.05) is 7.11 Å². The van der Waals surface area contributed by atoms with Crippen LogP contribution >= 0.6 is 0 Å². The number of carbonyl (C=O) groups is 1. The third kappa shape index (κ3) is 1.45. The predicted octanol–water partition coefficient (Wildman–Crippen LogP) is 2.26. The lowest BCUT2D eigenvalue weighted by Gasteiger charge is -2.15. The maximum Gasteiger partial charge on any atom is 0.314 e. The lowest BCUT2D eigenvalue weighted by atomic mass is 9.93. The quantitative estimate of drug-likeness (QED) is 0.856. The summed E-state index contributed by atoms with van der Waals surface area (Å²) in [5.41, 5.74) is 0.175. The number of hydrogen-bond acceptors (Lipinski definition) is 2. The summed E-state index contributed by atoms with van der Waals surface area (Å²) in [5, 5.41) is 9.19. The summed E-state index contributed by atoms with van der Waals surface area (Å²) in [6, 6.07) is 2.84. The molecule has 3 nitrogen and oxygen atoms in total. The van der Waals surface area contributed by atoms with E-state index in [1.807, 2.05) is 0 Å². The summed E-state index contributed by atoms with van der Waals surface area (Å²) in [6.07, 6.45) is 1.17. The predicted molar refractivity (Wildman–Crippen MR) is 56.2 cm³/mol. The van der Waals surface area contributed by atoms with Gasteiger partial charge in [-0.3, -0.25) is 4.79 Å². The minimum Gasteiger partial charge on any atom is -0.496 e. The molecule has 1 saturated carbocycles. The van der Waals surface area contributed by atoms with Gasteiger partial charge in [0.2, 0.25) is 0 Å². The first kappa shape index (κ1) is 10.9. The second-order valence-electron chi connectivity index (χ2n) is 4.19. The maximum absolute atomic E-state index is 13.3. The molecule has 1 aliphatic rings. The Morgan fingerprint density at radius 1 is 1.50 bits per heavy atom. The fourth-order valence-corrected chi connectivity index (χ4v) is 1.93. The van der Waals surface area contributed by atoms with Gasteiger partial charge in [-0.25, -0.2) is 4.39 Å². The molecule has 0 unspecified atom stereocenters. The number of rotatable bonds is 3. The van der Waals surface area contributed by atoms with Crippen LogP contribution in [0.5, 0.6) is 5.75 Å². The molecule has 0 aromatic heterocycles. The summed E-state index contributed by atoms with van der Waals surface area (Å²) in [6.45, 7) is 1.62. The zero-order valence-corrected chi connectivity index (χ0v) is 9.21. The van der Waals surface area contributed by atoms with E-state index in [9.17, 15) is 14.3 Å². The number of methoxy groups -OCH3 is 1. The van der Waals surface area contributed by atoms with E-state index in [2.05, 4.69) is 0 Å². The fraction of sp³-hybridized carbons (Fsp3) is 0.417. The summed E-state index contributed by atoms with van der Waals surface area (Å²) in [7, 11) is 1.42. The molecule has 1 fully saturated rings. The second-order valence-corrected chi connectivity index (χ2v) is 4.19. The summed E-state index contributed by atoms with van der Waals surface area (Å²) in [5.74, 6) is -0.915. The van der Waals surface area contributed by atoms with Gasteiger partial charge in [0.15, 0.2) is 0 Å². The number of hydrogen-bond donors (Lipinski definition) is 1. The highest BCUT2D eigenvalue weighted by Gasteiger charge is 2.53. The van der Waals surface area contributed by atoms with Crippen molar-refractivity contribution in [3.05, 3.63) is 29.1 Å². The van der Waals surface area contributed by atoms with Gasteiger partial charge >= 0.3 is 5.97 Å². The van der Waals surface area contributed by atoms with Crippen LogP contribution in [0.15, 0.2) is 12.1 Å². The Labute approximate surface area is 92.9 Å². The molecule has 0 radical (unpaired) electrons. The molecular weight excluding hydrogens is 211 g/mol. The topological polar surface area (TPSA) is 46.5 Å². The van der Waals surface area contributed by atoms with Gasteiger partial charge in [0, 0.05) is 11.6 Å². The van der Waals surface area contributed by atoms with E-state index in [1.54, 1.807) is 13.0 Å². The van der Waals surface area contributed by atoms with Crippen LogP contribution in [-0.4, -0.2) is 18.2 Å². The van der Waals surface area contributed by atoms with Crippen molar-refractivity contribution in [3.8, 4) is 5.75 Å². The molecule has 16 heavy (non-hydrogen) atoms. The number of halogens is 1. The van der Waals surface area contributed by atoms with E-state index in [0.717, 1.165) is 0 Å². The minimum atomic E-state index is -0.864. The standard InChI is InChI=1S/C12H13FO3/c1-7-5-8(10(16-2)6-9(7)13)12(3-4-12)11(14)15/h5-6H,3-4H2,1-2H3,(H,14,15). The van der Waals surface area contributed by atoms with Crippen LogP contribution < -0.4 is 4.74 Å². The third-order valence-electron chi connectivity index (χ3n) is 3.16. The molecule has 0 bridgehead atoms. The molecule has 86 valence electrons. The molecule has 0 atom stereocenters. The summed E-state index contributed by atoms with van der Waals surface area (Å²) in [4.78, 5) is 11.2. The highest BCUT2D eigenvalue weighted by Crippen LogP contribution is 2.51. The number of carboxylic acids is 1. The maximum atomic E-state index is 13.3. The van der Waals surface area contributed by atoms with Gasteiger partial charge in [-0.05, 0) is 31.4 Å². The monoisotopic (exact) mass is 224 g/mol. The van der Waals surface area contributed by atoms with E-state index in [-0.39, 0.29) is 5.82 Å². The van der Waals surface area contributed by atoms with Crippen molar-refractivity contribution >= 4 is 5.97 Å². The van der Waals surface area contributed by atoms with Gasteiger partial charge in [-0.15, -0.1) is 0 Å². The molecule has 1 aromatic rings. The van der Waals surface area contributed by atoms with Gasteiger partial charge < -0.3 is 9.84 Å². The van der Waals surface area contributed by atoms with E-state index < -0.39 is 11.4 Å². The molecular formula is C12H13FO3. The number of aryl methyl sites for hydroxylation is 1. The Bertz CT molecular complexity index is 450. The summed E-state index contributed by atoms with van der Waals surface area (Å²) < 4.78 is 18.4. The Kier molecular flexibility index (Phi) is 2.37. The van der Waals surface area contributed by atoms with E-state index in [4.69, 9.17) is 4.74 Å². The zero-order chi connectivity index (χ0) is 11.9. The van der Waals surface area contributed by atoms with Crippen LogP contribution in [0.2, 0.25) is 0 Å². The first-order valence-corrected chi connectivity index (χ1v) is 5.09. The molecule has 2 rings (SSSR count). The van der Waals surface area contributed by atoms with Crippen LogP contribution in [0.3, 0.4) is 0 Å². The largest absolute Gasteiger partial charge is 0.496 e. The fourth-order valence-electron chi connectivity index (χ4n) is 1.93. The molecule has 1 aromatic carbocycles. The molecule has 0 spiro atoms. The smallest absolute Gasteiger partial charge is 0.314 e. The molecule has 0 amide bonds. The average molecular weight is 224 g/mol. The highest BCUT2D eigenvalue weighted by atomic mass is 19.1. The summed E-state index contributed by atoms with van der Waals surface area (Å²) >= 11 is 0. The Balaban J connectivity index is 2.56. The molecule has 1 N–H and O–H groups in total. The second kappa shape index (κ2) is 3.47. The van der Waals surface area contributed by atoms with Crippen molar-refractivity contribution in [1.29, 1.82) is 0 Å². The Morgan fingerprint density at radius 3 is 2.56 bits per heavy atom. The number of benzene rings is 1. The number of carboxylic acid groups (broad SMARTS) is 1. The number of ether oxygens (including phenoxy) is 1. The lowest BCUT2D eigenvalue weighted by molar-refractivity contribution is -0.140. The van der Waals surface area contributed by atoms with E-state index >= 15 is 0 Å². The van der Waals surface area contributed by atoms with Gasteiger partial charge in [-0.2, -0.15) is 0 Å². The van der Waals surface area contributed by atoms with Crippen LogP contribution in [0, 0.1) is 12.7 Å². The van der Waals surface area contributed by atoms with Gasteiger partial charge in [0.05, 0.1) is 12.5 Å². The van der Waals surface area contributed by atoms with Crippen molar-refractivity contribution in [1.82, 2.24) is 0 Å². The van der Waals surface area contributed by atoms with Crippen LogP contribution in [0.25, 0.3) is 0 Å². The normalized spacial score (nSPS) is 16.9.